The summed E-state index contributed by atoms with van der Waals surface area (Å²) in [6.45, 7) is 0. The Morgan fingerprint density at radius 1 is 0.500 bits per heavy atom. The zero-order valence-electron chi connectivity index (χ0n) is 10.8. The van der Waals surface area contributed by atoms with Gasteiger partial charge in [0.1, 0.15) is 11.1 Å². The van der Waals surface area contributed by atoms with Crippen molar-refractivity contribution in [1.82, 2.24) is 0 Å². The Morgan fingerprint density at radius 3 is 1.33 bits per heavy atom. The lowest BCUT2D eigenvalue weighted by atomic mass is 9.99. The van der Waals surface area contributed by atoms with Gasteiger partial charge >= 0.3 is 0 Å². The molecule has 0 aliphatic carbocycles. The number of phenolic OH excluding ortho intramolecular Hbond substituents is 2. The summed E-state index contributed by atoms with van der Waals surface area (Å²) in [5.41, 5.74) is -4.31. The molecule has 11 heteroatoms. The van der Waals surface area contributed by atoms with Gasteiger partial charge < -0.3 is 10.2 Å². The monoisotopic (exact) mass is 358 g/mol. The molecule has 0 fully saturated rings. The second-order valence-corrected chi connectivity index (χ2v) is 4.29. The molecule has 0 atom stereocenters. The van der Waals surface area contributed by atoms with Gasteiger partial charge in [-0.3, -0.25) is 4.79 Å². The van der Waals surface area contributed by atoms with E-state index in [-0.39, 0.29) is 0 Å². The first-order valence-electron chi connectivity index (χ1n) is 5.66. The van der Waals surface area contributed by atoms with Gasteiger partial charge in [-0.1, -0.05) is 0 Å². The number of rotatable bonds is 2. The van der Waals surface area contributed by atoms with Crippen LogP contribution in [0.1, 0.15) is 15.9 Å². The highest BCUT2D eigenvalue weighted by Crippen LogP contribution is 2.36. The van der Waals surface area contributed by atoms with Gasteiger partial charge in [-0.2, -0.15) is 8.78 Å². The molecule has 2 aromatic rings. The lowest BCUT2D eigenvalue weighted by Gasteiger charge is -2.11. The molecule has 0 saturated heterocycles. The highest BCUT2D eigenvalue weighted by Gasteiger charge is 2.35. The Morgan fingerprint density at radius 2 is 0.875 bits per heavy atom. The maximum atomic E-state index is 13.6. The molecule has 0 saturated carbocycles. The van der Waals surface area contributed by atoms with Gasteiger partial charge in [0.15, 0.2) is 40.6 Å². The lowest BCUT2D eigenvalue weighted by Crippen LogP contribution is -2.16. The predicted octanol–water partition coefficient (Wildman–Crippen LogP) is 3.44. The standard InChI is InChI=1S/C13H2F8O3/c14-3-1(4(15)7(18)8(19)6(3)17)11(22)2-5(16)9(20)13(24)10(21)12(2)23/h23-24H. The van der Waals surface area contributed by atoms with Crippen LogP contribution in [0.5, 0.6) is 11.5 Å². The number of hydrogen-bond acceptors (Lipinski definition) is 3. The zero-order chi connectivity index (χ0) is 18.5. The van der Waals surface area contributed by atoms with Crippen LogP contribution in [-0.2, 0) is 0 Å². The van der Waals surface area contributed by atoms with Crippen LogP contribution >= 0.6 is 0 Å². The van der Waals surface area contributed by atoms with E-state index >= 15 is 0 Å². The molecule has 0 bridgehead atoms. The van der Waals surface area contributed by atoms with Crippen LogP contribution in [0.3, 0.4) is 0 Å². The summed E-state index contributed by atoms with van der Waals surface area (Å²) in [5.74, 6) is -26.9. The third-order valence-corrected chi connectivity index (χ3v) is 2.94. The highest BCUT2D eigenvalue weighted by molar-refractivity contribution is 6.11. The van der Waals surface area contributed by atoms with Crippen LogP contribution in [0.15, 0.2) is 0 Å². The van der Waals surface area contributed by atoms with Gasteiger partial charge in [-0.15, -0.1) is 0 Å². The molecule has 2 N–H and O–H groups in total. The van der Waals surface area contributed by atoms with E-state index in [1.54, 1.807) is 0 Å². The van der Waals surface area contributed by atoms with E-state index in [4.69, 9.17) is 5.11 Å². The SMILES string of the molecule is O=C(c1c(O)c(F)c(O)c(F)c1F)c1c(F)c(F)c(F)c(F)c1F. The fourth-order valence-electron chi connectivity index (χ4n) is 1.77. The summed E-state index contributed by atoms with van der Waals surface area (Å²) >= 11 is 0. The van der Waals surface area contributed by atoms with Crippen molar-refractivity contribution in [2.24, 2.45) is 0 Å². The fourth-order valence-corrected chi connectivity index (χ4v) is 1.77. The fraction of sp³-hybridized carbons (Fsp3) is 0. The maximum absolute atomic E-state index is 13.6. The van der Waals surface area contributed by atoms with E-state index in [0.29, 0.717) is 0 Å². The van der Waals surface area contributed by atoms with Crippen LogP contribution in [-0.4, -0.2) is 16.0 Å². The van der Waals surface area contributed by atoms with Crippen LogP contribution in [0, 0.1) is 46.5 Å². The first-order chi connectivity index (χ1) is 11.0. The van der Waals surface area contributed by atoms with Crippen LogP contribution < -0.4 is 0 Å². The predicted molar refractivity (Wildman–Crippen MR) is 59.3 cm³/mol. The van der Waals surface area contributed by atoms with Gasteiger partial charge in [-0.25, -0.2) is 26.3 Å². The first kappa shape index (κ1) is 17.5. The summed E-state index contributed by atoms with van der Waals surface area (Å²) in [5, 5.41) is 18.0. The number of hydrogen-bond donors (Lipinski definition) is 2. The van der Waals surface area contributed by atoms with E-state index in [9.17, 15) is 45.0 Å². The van der Waals surface area contributed by atoms with E-state index in [2.05, 4.69) is 0 Å². The summed E-state index contributed by atoms with van der Waals surface area (Å²) in [6.07, 6.45) is 0. The Hall–Kier alpha value is -2.85. The van der Waals surface area contributed by atoms with Crippen molar-refractivity contribution in [2.45, 2.75) is 0 Å². The quantitative estimate of drug-likeness (QED) is 0.374. The van der Waals surface area contributed by atoms with Gasteiger partial charge in [0.05, 0.1) is 0 Å². The average molecular weight is 358 g/mol. The van der Waals surface area contributed by atoms with Crippen molar-refractivity contribution in [3.8, 4) is 11.5 Å². The average Bonchev–Trinajstić information content (AvgIpc) is 2.55. The number of ketones is 1. The normalized spacial score (nSPS) is 11.0. The number of benzene rings is 2. The lowest BCUT2D eigenvalue weighted by molar-refractivity contribution is 0.101. The molecular weight excluding hydrogens is 356 g/mol. The van der Waals surface area contributed by atoms with Gasteiger partial charge in [-0.05, 0) is 0 Å². The molecule has 2 rings (SSSR count). The second kappa shape index (κ2) is 5.65. The Balaban J connectivity index is 2.87. The molecule has 0 amide bonds. The largest absolute Gasteiger partial charge is 0.504 e. The van der Waals surface area contributed by atoms with Crippen molar-refractivity contribution in [2.75, 3.05) is 0 Å². The Kier molecular flexibility index (Phi) is 4.12. The van der Waals surface area contributed by atoms with Crippen LogP contribution in [0.2, 0.25) is 0 Å². The number of aromatic hydroxyl groups is 2. The van der Waals surface area contributed by atoms with Crippen LogP contribution in [0.4, 0.5) is 35.1 Å². The molecule has 3 nitrogen and oxygen atoms in total. The minimum absolute atomic E-state index is 2.06. The number of carbonyl (C=O) groups is 1. The second-order valence-electron chi connectivity index (χ2n) is 4.29. The summed E-state index contributed by atoms with van der Waals surface area (Å²) in [4.78, 5) is 11.8. The minimum Gasteiger partial charge on any atom is -0.504 e. The Labute approximate surface area is 126 Å². The summed E-state index contributed by atoms with van der Waals surface area (Å²) < 4.78 is 106. The van der Waals surface area contributed by atoms with E-state index < -0.39 is 74.9 Å². The van der Waals surface area contributed by atoms with E-state index in [0.717, 1.165) is 0 Å². The molecule has 128 valence electrons. The topological polar surface area (TPSA) is 57.5 Å². The zero-order valence-corrected chi connectivity index (χ0v) is 10.8. The summed E-state index contributed by atoms with van der Waals surface area (Å²) in [7, 11) is 0. The van der Waals surface area contributed by atoms with Crippen LogP contribution in [0.25, 0.3) is 0 Å². The molecule has 0 aromatic heterocycles. The minimum atomic E-state index is -2.66. The Bertz CT molecular complexity index is 764. The van der Waals surface area contributed by atoms with Crippen molar-refractivity contribution in [1.29, 1.82) is 0 Å². The third kappa shape index (κ3) is 2.23. The third-order valence-electron chi connectivity index (χ3n) is 2.94. The van der Waals surface area contributed by atoms with Crippen molar-refractivity contribution in [3.63, 3.8) is 0 Å². The molecule has 2 aromatic carbocycles. The van der Waals surface area contributed by atoms with Crippen molar-refractivity contribution in [3.05, 3.63) is 57.7 Å². The summed E-state index contributed by atoms with van der Waals surface area (Å²) in [6, 6.07) is 0. The van der Waals surface area contributed by atoms with Gasteiger partial charge in [0.25, 0.3) is 0 Å². The molecular formula is C13H2F8O3. The molecule has 0 radical (unpaired) electrons. The molecule has 0 aliphatic rings. The number of halogens is 8. The number of carbonyl (C=O) groups excluding carboxylic acids is 1. The van der Waals surface area contributed by atoms with Crippen molar-refractivity contribution < 1.29 is 50.1 Å². The molecule has 0 aliphatic heterocycles. The van der Waals surface area contributed by atoms with E-state index in [1.165, 1.54) is 0 Å². The van der Waals surface area contributed by atoms with Gasteiger partial charge in [0, 0.05) is 0 Å². The molecule has 24 heavy (non-hydrogen) atoms. The van der Waals surface area contributed by atoms with Crippen molar-refractivity contribution >= 4 is 5.78 Å². The molecule has 0 spiro atoms. The highest BCUT2D eigenvalue weighted by atomic mass is 19.2. The molecule has 0 heterocycles. The maximum Gasteiger partial charge on any atom is 0.210 e. The van der Waals surface area contributed by atoms with E-state index in [1.807, 2.05) is 0 Å². The first-order valence-corrected chi connectivity index (χ1v) is 5.66. The molecule has 0 unspecified atom stereocenters. The number of phenols is 2. The smallest absolute Gasteiger partial charge is 0.210 e. The van der Waals surface area contributed by atoms with Gasteiger partial charge in [0.2, 0.25) is 23.2 Å².